The predicted octanol–water partition coefficient (Wildman–Crippen LogP) is 3.88. The number of hydroxylamine groups is 1. The van der Waals surface area contributed by atoms with Gasteiger partial charge in [0, 0.05) is 24.2 Å². The number of para-hydroxylation sites is 2. The van der Waals surface area contributed by atoms with Crippen LogP contribution >= 0.6 is 0 Å². The molecule has 1 aliphatic rings. The van der Waals surface area contributed by atoms with E-state index in [0.717, 1.165) is 54.0 Å². The Morgan fingerprint density at radius 3 is 2.97 bits per heavy atom. The monoisotopic (exact) mass is 390 g/mol. The lowest BCUT2D eigenvalue weighted by molar-refractivity contribution is -0.124. The number of likely N-dealkylation sites (N-methyl/N-ethyl adjacent to an activating group) is 1. The molecule has 1 aliphatic heterocycles. The minimum Gasteiger partial charge on any atom is -0.320 e. The lowest BCUT2D eigenvalue weighted by Gasteiger charge is -2.33. The van der Waals surface area contributed by atoms with Crippen LogP contribution in [0.4, 0.5) is 0 Å². The van der Waals surface area contributed by atoms with Gasteiger partial charge in [-0.15, -0.1) is 0 Å². The molecule has 29 heavy (non-hydrogen) atoms. The van der Waals surface area contributed by atoms with Crippen molar-refractivity contribution in [2.24, 2.45) is 0 Å². The zero-order chi connectivity index (χ0) is 20.2. The fourth-order valence-electron chi connectivity index (χ4n) is 4.14. The van der Waals surface area contributed by atoms with Crippen molar-refractivity contribution in [3.05, 3.63) is 60.2 Å². The van der Waals surface area contributed by atoms with Gasteiger partial charge in [0.1, 0.15) is 5.82 Å². The van der Waals surface area contributed by atoms with Crippen molar-refractivity contribution in [3.8, 4) is 11.4 Å². The third kappa shape index (κ3) is 4.09. The van der Waals surface area contributed by atoms with Crippen LogP contribution in [-0.4, -0.2) is 45.2 Å². The SMILES string of the molecule is CCN1CCC[C@H](n2c(-c3cccc(C=CC(=O)NO)c3)nc3ccccc32)C1. The summed E-state index contributed by atoms with van der Waals surface area (Å²) in [5, 5.41) is 8.68. The van der Waals surface area contributed by atoms with Gasteiger partial charge in [0.2, 0.25) is 0 Å². The lowest BCUT2D eigenvalue weighted by atomic mass is 10.0. The summed E-state index contributed by atoms with van der Waals surface area (Å²) >= 11 is 0. The number of amides is 1. The van der Waals surface area contributed by atoms with E-state index in [1.165, 1.54) is 12.5 Å². The van der Waals surface area contributed by atoms with E-state index in [1.807, 2.05) is 24.3 Å². The van der Waals surface area contributed by atoms with Crippen LogP contribution in [-0.2, 0) is 4.79 Å². The number of imidazole rings is 1. The first-order valence-corrected chi connectivity index (χ1v) is 10.1. The molecule has 1 fully saturated rings. The molecule has 3 aromatic rings. The van der Waals surface area contributed by atoms with Gasteiger partial charge in [-0.3, -0.25) is 10.0 Å². The molecule has 4 rings (SSSR count). The van der Waals surface area contributed by atoms with Gasteiger partial charge in [-0.1, -0.05) is 37.3 Å². The fraction of sp³-hybridized carbons (Fsp3) is 0.304. The topological polar surface area (TPSA) is 70.4 Å². The molecule has 0 saturated carbocycles. The maximum Gasteiger partial charge on any atom is 0.267 e. The van der Waals surface area contributed by atoms with Gasteiger partial charge in [0.05, 0.1) is 11.0 Å². The largest absolute Gasteiger partial charge is 0.320 e. The maximum absolute atomic E-state index is 11.3. The number of carbonyl (C=O) groups is 1. The van der Waals surface area contributed by atoms with Crippen molar-refractivity contribution >= 4 is 23.0 Å². The number of rotatable bonds is 5. The summed E-state index contributed by atoms with van der Waals surface area (Å²) in [6.45, 7) is 5.46. The highest BCUT2D eigenvalue weighted by Gasteiger charge is 2.25. The van der Waals surface area contributed by atoms with Crippen LogP contribution in [0.1, 0.15) is 31.4 Å². The molecule has 0 bridgehead atoms. The van der Waals surface area contributed by atoms with E-state index in [0.29, 0.717) is 6.04 Å². The van der Waals surface area contributed by atoms with E-state index < -0.39 is 5.91 Å². The van der Waals surface area contributed by atoms with Crippen LogP contribution in [0.5, 0.6) is 0 Å². The molecular formula is C23H26N4O2. The molecule has 1 saturated heterocycles. The lowest BCUT2D eigenvalue weighted by Crippen LogP contribution is -2.36. The highest BCUT2D eigenvalue weighted by molar-refractivity contribution is 5.91. The number of hydrogen-bond donors (Lipinski definition) is 2. The van der Waals surface area contributed by atoms with Gasteiger partial charge in [-0.05, 0) is 55.8 Å². The summed E-state index contributed by atoms with van der Waals surface area (Å²) in [6.07, 6.45) is 5.31. The first-order chi connectivity index (χ1) is 14.2. The molecule has 0 spiro atoms. The molecule has 0 unspecified atom stereocenters. The molecule has 1 atom stereocenters. The minimum atomic E-state index is -0.551. The van der Waals surface area contributed by atoms with Gasteiger partial charge >= 0.3 is 0 Å². The third-order valence-electron chi connectivity index (χ3n) is 5.57. The number of piperidine rings is 1. The summed E-state index contributed by atoms with van der Waals surface area (Å²) in [4.78, 5) is 18.8. The van der Waals surface area contributed by atoms with E-state index in [2.05, 4.69) is 40.7 Å². The molecule has 2 heterocycles. The van der Waals surface area contributed by atoms with Crippen LogP contribution < -0.4 is 5.48 Å². The zero-order valence-electron chi connectivity index (χ0n) is 16.6. The van der Waals surface area contributed by atoms with Crippen molar-refractivity contribution in [3.63, 3.8) is 0 Å². The molecule has 6 heteroatoms. The molecule has 2 N–H and O–H groups in total. The highest BCUT2D eigenvalue weighted by atomic mass is 16.5. The number of aromatic nitrogens is 2. The summed E-state index contributed by atoms with van der Waals surface area (Å²) in [7, 11) is 0. The molecule has 2 aromatic carbocycles. The van der Waals surface area contributed by atoms with Crippen LogP contribution in [0.15, 0.2) is 54.6 Å². The average molecular weight is 390 g/mol. The molecule has 150 valence electrons. The summed E-state index contributed by atoms with van der Waals surface area (Å²) in [5.74, 6) is 0.403. The second-order valence-electron chi connectivity index (χ2n) is 7.42. The minimum absolute atomic E-state index is 0.380. The van der Waals surface area contributed by atoms with Gasteiger partial charge in [-0.25, -0.2) is 10.5 Å². The standard InChI is InChI=1S/C23H26N4O2/c1-2-26-14-6-9-19(16-26)27-21-11-4-3-10-20(21)24-23(27)18-8-5-7-17(15-18)12-13-22(28)25-29/h3-5,7-8,10-13,15,19,29H,2,6,9,14,16H2,1H3,(H,25,28)/t19-/m0/s1. The zero-order valence-corrected chi connectivity index (χ0v) is 16.6. The van der Waals surface area contributed by atoms with Crippen LogP contribution in [0, 0.1) is 0 Å². The predicted molar refractivity (Wildman–Crippen MR) is 115 cm³/mol. The van der Waals surface area contributed by atoms with Crippen LogP contribution in [0.3, 0.4) is 0 Å². The van der Waals surface area contributed by atoms with E-state index in [4.69, 9.17) is 10.2 Å². The second kappa shape index (κ2) is 8.59. The third-order valence-corrected chi connectivity index (χ3v) is 5.57. The average Bonchev–Trinajstić information content (AvgIpc) is 3.17. The molecule has 6 nitrogen and oxygen atoms in total. The Morgan fingerprint density at radius 2 is 2.14 bits per heavy atom. The summed E-state index contributed by atoms with van der Waals surface area (Å²) in [6, 6.07) is 16.7. The van der Waals surface area contributed by atoms with E-state index >= 15 is 0 Å². The molecule has 1 aromatic heterocycles. The number of likely N-dealkylation sites (tertiary alicyclic amines) is 1. The van der Waals surface area contributed by atoms with Crippen LogP contribution in [0.2, 0.25) is 0 Å². The normalized spacial score (nSPS) is 17.8. The smallest absolute Gasteiger partial charge is 0.267 e. The number of fused-ring (bicyclic) bond motifs is 1. The summed E-state index contributed by atoms with van der Waals surface area (Å²) < 4.78 is 2.39. The summed E-state index contributed by atoms with van der Waals surface area (Å²) in [5.41, 5.74) is 5.66. The van der Waals surface area contributed by atoms with Crippen molar-refractivity contribution < 1.29 is 10.0 Å². The first kappa shape index (κ1) is 19.4. The first-order valence-electron chi connectivity index (χ1n) is 10.1. The Kier molecular flexibility index (Phi) is 5.74. The molecule has 0 radical (unpaired) electrons. The van der Waals surface area contributed by atoms with Gasteiger partial charge < -0.3 is 9.47 Å². The Labute approximate surface area is 170 Å². The number of benzene rings is 2. The second-order valence-corrected chi connectivity index (χ2v) is 7.42. The molecular weight excluding hydrogens is 364 g/mol. The van der Waals surface area contributed by atoms with Gasteiger partial charge in [0.15, 0.2) is 0 Å². The van der Waals surface area contributed by atoms with Crippen molar-refractivity contribution in [1.82, 2.24) is 19.9 Å². The molecule has 0 aliphatic carbocycles. The van der Waals surface area contributed by atoms with E-state index in [1.54, 1.807) is 11.6 Å². The Bertz CT molecular complexity index is 1040. The number of carbonyl (C=O) groups excluding carboxylic acids is 1. The van der Waals surface area contributed by atoms with Crippen molar-refractivity contribution in [1.29, 1.82) is 0 Å². The molecule has 1 amide bonds. The van der Waals surface area contributed by atoms with Gasteiger partial charge in [-0.2, -0.15) is 0 Å². The Hall–Kier alpha value is -2.96. The maximum atomic E-state index is 11.3. The number of hydrogen-bond acceptors (Lipinski definition) is 4. The quantitative estimate of drug-likeness (QED) is 0.394. The van der Waals surface area contributed by atoms with E-state index in [-0.39, 0.29) is 0 Å². The number of nitrogens with one attached hydrogen (secondary N) is 1. The van der Waals surface area contributed by atoms with E-state index in [9.17, 15) is 4.79 Å². The van der Waals surface area contributed by atoms with Crippen molar-refractivity contribution in [2.45, 2.75) is 25.8 Å². The van der Waals surface area contributed by atoms with Crippen LogP contribution in [0.25, 0.3) is 28.5 Å². The van der Waals surface area contributed by atoms with Crippen molar-refractivity contribution in [2.75, 3.05) is 19.6 Å². The van der Waals surface area contributed by atoms with Gasteiger partial charge in [0.25, 0.3) is 5.91 Å². The Morgan fingerprint density at radius 1 is 1.28 bits per heavy atom. The fourth-order valence-corrected chi connectivity index (χ4v) is 4.14. The number of nitrogens with zero attached hydrogens (tertiary/aromatic N) is 3. The highest BCUT2D eigenvalue weighted by Crippen LogP contribution is 2.33. The Balaban J connectivity index is 1.78.